The highest BCUT2D eigenvalue weighted by Crippen LogP contribution is 2.46. The van der Waals surface area contributed by atoms with Crippen LogP contribution < -0.4 is 4.74 Å². The highest BCUT2D eigenvalue weighted by Gasteiger charge is 2.34. The molecule has 0 aliphatic heterocycles. The van der Waals surface area contributed by atoms with E-state index in [4.69, 9.17) is 18.9 Å². The van der Waals surface area contributed by atoms with Crippen LogP contribution in [0.15, 0.2) is 18.2 Å². The second-order valence-corrected chi connectivity index (χ2v) is 11.5. The van der Waals surface area contributed by atoms with Gasteiger partial charge in [0.25, 0.3) is 0 Å². The second-order valence-electron chi connectivity index (χ2n) is 11.5. The Bertz CT molecular complexity index is 725. The van der Waals surface area contributed by atoms with Crippen LogP contribution in [0.2, 0.25) is 0 Å². The van der Waals surface area contributed by atoms with Gasteiger partial charge in [-0.15, -0.1) is 0 Å². The first-order valence-corrected chi connectivity index (χ1v) is 11.7. The van der Waals surface area contributed by atoms with Crippen molar-refractivity contribution in [2.45, 2.75) is 99.9 Å². The van der Waals surface area contributed by atoms with Gasteiger partial charge in [-0.05, 0) is 74.6 Å². The number of carbonyl (C=O) groups excluding carboxylic acids is 1. The smallest absolute Gasteiger partial charge is 0.338 e. The topological polar surface area (TPSA) is 54.0 Å². The van der Waals surface area contributed by atoms with Gasteiger partial charge in [0, 0.05) is 7.11 Å². The lowest BCUT2D eigenvalue weighted by Crippen LogP contribution is -2.27. The van der Waals surface area contributed by atoms with E-state index in [-0.39, 0.29) is 22.7 Å². The highest BCUT2D eigenvalue weighted by atomic mass is 16.7. The molecule has 0 aromatic heterocycles. The number of carbonyl (C=O) groups is 1. The normalized spacial score (nSPS) is 14.7. The van der Waals surface area contributed by atoms with Gasteiger partial charge in [0.2, 0.25) is 0 Å². The molecule has 0 spiro atoms. The van der Waals surface area contributed by atoms with Gasteiger partial charge in [0.15, 0.2) is 6.29 Å². The quantitative estimate of drug-likeness (QED) is 0.207. The van der Waals surface area contributed by atoms with Crippen molar-refractivity contribution in [3.63, 3.8) is 0 Å². The maximum atomic E-state index is 13.0. The molecule has 0 aliphatic rings. The summed E-state index contributed by atoms with van der Waals surface area (Å²) in [6.07, 6.45) is 1.55. The third kappa shape index (κ3) is 9.91. The van der Waals surface area contributed by atoms with Gasteiger partial charge in [-0.2, -0.15) is 0 Å². The van der Waals surface area contributed by atoms with Crippen LogP contribution >= 0.6 is 0 Å². The Kier molecular flexibility index (Phi) is 10.2. The predicted molar refractivity (Wildman–Crippen MR) is 130 cm³/mol. The molecule has 0 bridgehead atoms. The lowest BCUT2D eigenvalue weighted by molar-refractivity contribution is -0.0797. The number of rotatable bonds is 11. The molecule has 0 heterocycles. The summed E-state index contributed by atoms with van der Waals surface area (Å²) in [5.41, 5.74) is 1.21. The average Bonchev–Trinajstić information content (AvgIpc) is 2.64. The summed E-state index contributed by atoms with van der Waals surface area (Å²) in [7, 11) is 1.64. The predicted octanol–water partition coefficient (Wildman–Crippen LogP) is 6.99. The molecule has 2 atom stereocenters. The first-order valence-electron chi connectivity index (χ1n) is 11.7. The minimum atomic E-state index is -0.571. The van der Waals surface area contributed by atoms with E-state index in [2.05, 4.69) is 47.6 Å². The van der Waals surface area contributed by atoms with Crippen LogP contribution in [0.1, 0.15) is 104 Å². The van der Waals surface area contributed by atoms with Crippen LogP contribution in [0.5, 0.6) is 5.75 Å². The minimum absolute atomic E-state index is 0.0533. The molecule has 0 radical (unpaired) electrons. The fourth-order valence-electron chi connectivity index (χ4n) is 3.57. The lowest BCUT2D eigenvalue weighted by Gasteiger charge is -2.38. The van der Waals surface area contributed by atoms with Gasteiger partial charge in [0.1, 0.15) is 11.4 Å². The molecule has 184 valence electrons. The molecule has 1 aromatic carbocycles. The molecule has 0 N–H and O–H groups in total. The third-order valence-electron chi connectivity index (χ3n) is 5.58. The number of hydrogen-bond acceptors (Lipinski definition) is 5. The lowest BCUT2D eigenvalue weighted by atomic mass is 9.67. The number of esters is 1. The highest BCUT2D eigenvalue weighted by molar-refractivity contribution is 5.90. The van der Waals surface area contributed by atoms with E-state index in [1.807, 2.05) is 33.8 Å². The monoisotopic (exact) mass is 450 g/mol. The molecule has 5 heteroatoms. The van der Waals surface area contributed by atoms with E-state index in [1.54, 1.807) is 13.2 Å². The van der Waals surface area contributed by atoms with Gasteiger partial charge in [-0.1, -0.05) is 48.0 Å². The summed E-state index contributed by atoms with van der Waals surface area (Å²) in [6, 6.07) is 5.78. The van der Waals surface area contributed by atoms with Crippen LogP contribution in [-0.2, 0) is 14.2 Å². The van der Waals surface area contributed by atoms with E-state index in [0.717, 1.165) is 18.4 Å². The molecule has 1 aromatic rings. The summed E-state index contributed by atoms with van der Waals surface area (Å²) in [5, 5.41) is 0. The first kappa shape index (κ1) is 28.4. The average molecular weight is 451 g/mol. The Morgan fingerprint density at radius 1 is 0.969 bits per heavy atom. The number of hydrogen-bond donors (Lipinski definition) is 0. The van der Waals surface area contributed by atoms with Crippen molar-refractivity contribution in [1.29, 1.82) is 0 Å². The molecule has 0 saturated heterocycles. The van der Waals surface area contributed by atoms with Crippen molar-refractivity contribution < 1.29 is 23.7 Å². The van der Waals surface area contributed by atoms with E-state index in [1.165, 1.54) is 0 Å². The Labute approximate surface area is 196 Å². The van der Waals surface area contributed by atoms with Gasteiger partial charge >= 0.3 is 5.97 Å². The molecule has 0 saturated carbocycles. The maximum Gasteiger partial charge on any atom is 0.338 e. The Morgan fingerprint density at radius 2 is 1.59 bits per heavy atom. The molecule has 0 amide bonds. The van der Waals surface area contributed by atoms with E-state index >= 15 is 0 Å². The fraction of sp³-hybridized carbons (Fsp3) is 0.741. The molecule has 32 heavy (non-hydrogen) atoms. The van der Waals surface area contributed by atoms with E-state index < -0.39 is 11.9 Å². The Hall–Kier alpha value is -1.59. The van der Waals surface area contributed by atoms with Crippen molar-refractivity contribution in [1.82, 2.24) is 0 Å². The number of ether oxygens (including phenoxy) is 4. The summed E-state index contributed by atoms with van der Waals surface area (Å²) in [6.45, 7) is 22.0. The van der Waals surface area contributed by atoms with Crippen LogP contribution in [0, 0.1) is 10.8 Å². The summed E-state index contributed by atoms with van der Waals surface area (Å²) >= 11 is 0. The number of benzene rings is 1. The molecule has 5 nitrogen and oxygen atoms in total. The van der Waals surface area contributed by atoms with Crippen LogP contribution in [0.25, 0.3) is 0 Å². The maximum absolute atomic E-state index is 13.0. The Morgan fingerprint density at radius 3 is 2.09 bits per heavy atom. The molecule has 0 fully saturated rings. The summed E-state index contributed by atoms with van der Waals surface area (Å²) in [5.74, 6) is 0.516. The fourth-order valence-corrected chi connectivity index (χ4v) is 3.57. The molecular formula is C27H46O5. The number of methoxy groups -OCH3 is 1. The molecule has 1 rings (SSSR count). The van der Waals surface area contributed by atoms with E-state index in [9.17, 15) is 4.79 Å². The van der Waals surface area contributed by atoms with Crippen molar-refractivity contribution in [2.24, 2.45) is 10.8 Å². The molecule has 0 aliphatic carbocycles. The van der Waals surface area contributed by atoms with Gasteiger partial charge < -0.3 is 18.9 Å². The first-order chi connectivity index (χ1) is 14.6. The van der Waals surface area contributed by atoms with E-state index in [0.29, 0.717) is 24.5 Å². The zero-order valence-corrected chi connectivity index (χ0v) is 22.3. The Balaban J connectivity index is 3.43. The zero-order valence-electron chi connectivity index (χ0n) is 22.3. The molecule has 2 unspecified atom stereocenters. The van der Waals surface area contributed by atoms with Crippen LogP contribution in [0.4, 0.5) is 0 Å². The molecular weight excluding hydrogens is 404 g/mol. The van der Waals surface area contributed by atoms with Gasteiger partial charge in [0.05, 0.1) is 18.8 Å². The second kappa shape index (κ2) is 11.5. The van der Waals surface area contributed by atoms with Gasteiger partial charge in [-0.25, -0.2) is 4.79 Å². The van der Waals surface area contributed by atoms with Crippen molar-refractivity contribution >= 4 is 5.97 Å². The van der Waals surface area contributed by atoms with Crippen LogP contribution in [-0.4, -0.2) is 38.2 Å². The summed E-state index contributed by atoms with van der Waals surface area (Å²) in [4.78, 5) is 13.0. The minimum Gasteiger partial charge on any atom is -0.465 e. The SMILES string of the molecule is CCC(C)(C)C(CC(C)(C)C)c1cc(OC(C)OCCOC)cc(C(=O)OC(C)(C)C)c1. The van der Waals surface area contributed by atoms with Gasteiger partial charge in [-0.3, -0.25) is 0 Å². The third-order valence-corrected chi connectivity index (χ3v) is 5.58. The zero-order chi connectivity index (χ0) is 24.7. The van der Waals surface area contributed by atoms with Crippen LogP contribution in [0.3, 0.4) is 0 Å². The van der Waals surface area contributed by atoms with Crippen molar-refractivity contribution in [3.8, 4) is 5.75 Å². The summed E-state index contributed by atoms with van der Waals surface area (Å²) < 4.78 is 22.4. The standard InChI is InChI=1S/C27H46O5/c1-12-27(9,10)23(18-25(3,4)5)20-15-21(24(28)32-26(6,7)8)17-22(16-20)31-19(2)30-14-13-29-11/h15-17,19,23H,12-14,18H2,1-11H3. The largest absolute Gasteiger partial charge is 0.465 e. The van der Waals surface area contributed by atoms with Crippen molar-refractivity contribution in [3.05, 3.63) is 29.3 Å². The van der Waals surface area contributed by atoms with Crippen molar-refractivity contribution in [2.75, 3.05) is 20.3 Å².